The number of carboxylic acids is 1. The first-order valence-electron chi connectivity index (χ1n) is 9.66. The van der Waals surface area contributed by atoms with E-state index in [9.17, 15) is 23.1 Å². The first kappa shape index (κ1) is 25.7. The average molecular weight is 452 g/mol. The number of halogens is 3. The Morgan fingerprint density at radius 3 is 2.34 bits per heavy atom. The molecule has 9 heteroatoms. The Labute approximate surface area is 205 Å². The van der Waals surface area contributed by atoms with Crippen molar-refractivity contribution in [1.82, 2.24) is 4.57 Å². The number of hydrogen-bond acceptors (Lipinski definition) is 4. The topological polar surface area (TPSA) is 66.7 Å². The summed E-state index contributed by atoms with van der Waals surface area (Å²) >= 11 is 0. The molecule has 0 aliphatic rings. The fraction of sp³-hybridized carbons (Fsp3) is 0.217. The molecule has 0 saturated carbocycles. The van der Waals surface area contributed by atoms with Gasteiger partial charge in [0.2, 0.25) is 0 Å². The van der Waals surface area contributed by atoms with E-state index in [-0.39, 0.29) is 59.4 Å². The monoisotopic (exact) mass is 452 g/mol. The second-order valence-electron chi connectivity index (χ2n) is 6.96. The van der Waals surface area contributed by atoms with E-state index in [1.165, 1.54) is 29.0 Å². The minimum atomic E-state index is -1.37. The molecule has 0 N–H and O–H groups in total. The summed E-state index contributed by atoms with van der Waals surface area (Å²) in [5.74, 6) is -3.30. The molecule has 0 aliphatic heterocycles. The molecule has 1 aromatic heterocycles. The van der Waals surface area contributed by atoms with E-state index in [0.717, 1.165) is 12.1 Å². The van der Waals surface area contributed by atoms with Gasteiger partial charge in [-0.05, 0) is 48.2 Å². The van der Waals surface area contributed by atoms with Crippen molar-refractivity contribution < 1.29 is 57.5 Å². The quantitative estimate of drug-likeness (QED) is 0.208. The van der Waals surface area contributed by atoms with Gasteiger partial charge < -0.3 is 19.3 Å². The predicted molar refractivity (Wildman–Crippen MR) is 107 cm³/mol. The van der Waals surface area contributed by atoms with Crippen molar-refractivity contribution in [2.24, 2.45) is 5.16 Å². The van der Waals surface area contributed by atoms with Crippen molar-refractivity contribution in [3.05, 3.63) is 94.6 Å². The number of oxime groups is 1. The molecule has 32 heavy (non-hydrogen) atoms. The molecule has 5 nitrogen and oxygen atoms in total. The van der Waals surface area contributed by atoms with Gasteiger partial charge in [0, 0.05) is 29.6 Å². The number of hydrogen-bond donors (Lipinski definition) is 0. The van der Waals surface area contributed by atoms with Crippen LogP contribution in [-0.4, -0.2) is 22.9 Å². The summed E-state index contributed by atoms with van der Waals surface area (Å²) in [6.45, 7) is 2.17. The fourth-order valence-electron chi connectivity index (χ4n) is 3.07. The maximum absolute atomic E-state index is 14.3. The summed E-state index contributed by atoms with van der Waals surface area (Å²) in [6, 6.07) is 8.80. The van der Waals surface area contributed by atoms with Gasteiger partial charge >= 0.3 is 29.6 Å². The van der Waals surface area contributed by atoms with E-state index >= 15 is 0 Å². The normalized spacial score (nSPS) is 11.2. The molecule has 0 spiro atoms. The molecule has 3 rings (SSSR count). The van der Waals surface area contributed by atoms with Gasteiger partial charge in [-0.25, -0.2) is 13.2 Å². The Kier molecular flexibility index (Phi) is 9.56. The molecule has 1 heterocycles. The van der Waals surface area contributed by atoms with Gasteiger partial charge in [0.15, 0.2) is 0 Å². The Bertz CT molecular complexity index is 1100. The second-order valence-corrected chi connectivity index (χ2v) is 6.96. The third-order valence-electron chi connectivity index (χ3n) is 4.53. The zero-order valence-corrected chi connectivity index (χ0v) is 19.8. The molecule has 0 amide bonds. The van der Waals surface area contributed by atoms with Crippen molar-refractivity contribution >= 4 is 11.7 Å². The third kappa shape index (κ3) is 6.72. The number of rotatable bonds is 9. The van der Waals surface area contributed by atoms with Crippen LogP contribution >= 0.6 is 0 Å². The minimum absolute atomic E-state index is 0. The summed E-state index contributed by atoms with van der Waals surface area (Å²) in [5, 5.41) is 15.6. The molecule has 0 saturated heterocycles. The van der Waals surface area contributed by atoms with Crippen LogP contribution in [0.4, 0.5) is 13.2 Å². The number of carbonyl (C=O) groups excluding carboxylic acids is 1. The van der Waals surface area contributed by atoms with Crippen molar-refractivity contribution in [2.45, 2.75) is 26.3 Å². The van der Waals surface area contributed by atoms with Gasteiger partial charge in [0.05, 0.1) is 12.5 Å². The Morgan fingerprint density at radius 2 is 1.72 bits per heavy atom. The van der Waals surface area contributed by atoms with Gasteiger partial charge in [-0.1, -0.05) is 24.2 Å². The van der Waals surface area contributed by atoms with Gasteiger partial charge in [0.25, 0.3) is 0 Å². The predicted octanol–water partition coefficient (Wildman–Crippen LogP) is 0.695. The van der Waals surface area contributed by atoms with Crippen LogP contribution < -0.4 is 34.7 Å². The van der Waals surface area contributed by atoms with Crippen LogP contribution in [0, 0.1) is 17.5 Å². The Hall–Kier alpha value is -2.55. The number of nitrogens with zero attached hydrogens (tertiary/aromatic N) is 2. The van der Waals surface area contributed by atoms with E-state index in [2.05, 4.69) is 5.16 Å². The smallest absolute Gasteiger partial charge is 0.545 e. The maximum atomic E-state index is 14.3. The van der Waals surface area contributed by atoms with Crippen molar-refractivity contribution in [3.63, 3.8) is 0 Å². The Balaban J connectivity index is 0.00000363. The Morgan fingerprint density at radius 1 is 1.03 bits per heavy atom. The van der Waals surface area contributed by atoms with Crippen LogP contribution in [-0.2, 0) is 17.8 Å². The molecule has 2 aromatic carbocycles. The van der Waals surface area contributed by atoms with Gasteiger partial charge in [0.1, 0.15) is 29.8 Å². The molecule has 162 valence electrons. The zero-order chi connectivity index (χ0) is 22.4. The van der Waals surface area contributed by atoms with E-state index in [1.807, 2.05) is 6.92 Å². The van der Waals surface area contributed by atoms with Crippen LogP contribution in [0.2, 0.25) is 0 Å². The SMILES string of the molecule is CCCO/N=C(/Cn1cc(Cc2ccc(F)cc2)c(C(=O)[O-])c1)c1ccc(F)cc1F.[Na+]. The van der Waals surface area contributed by atoms with E-state index in [0.29, 0.717) is 24.2 Å². The summed E-state index contributed by atoms with van der Waals surface area (Å²) in [4.78, 5) is 16.8. The van der Waals surface area contributed by atoms with Crippen molar-refractivity contribution in [3.8, 4) is 0 Å². The maximum Gasteiger partial charge on any atom is 1.00 e. The standard InChI is InChI=1S/C23H21F3N2O3.Na/c1-2-9-31-27-22(19-8-7-18(25)11-21(19)26)14-28-12-16(20(13-28)23(29)30)10-15-3-5-17(24)6-4-15;/h3-8,11-13H,2,9-10,14H2,1H3,(H,29,30);/q;+1/p-1/b27-22-;. The summed E-state index contributed by atoms with van der Waals surface area (Å²) < 4.78 is 42.3. The molecule has 0 atom stereocenters. The first-order chi connectivity index (χ1) is 14.9. The first-order valence-corrected chi connectivity index (χ1v) is 9.66. The zero-order valence-electron chi connectivity index (χ0n) is 17.8. The molecular formula is C23H20F3N2NaO3. The number of carbonyl (C=O) groups is 1. The summed E-state index contributed by atoms with van der Waals surface area (Å²) in [7, 11) is 0. The molecule has 0 radical (unpaired) electrons. The van der Waals surface area contributed by atoms with Gasteiger partial charge in [-0.2, -0.15) is 0 Å². The largest absolute Gasteiger partial charge is 1.00 e. The molecular weight excluding hydrogens is 432 g/mol. The van der Waals surface area contributed by atoms with Gasteiger partial charge in [-0.3, -0.25) is 0 Å². The van der Waals surface area contributed by atoms with Crippen LogP contribution in [0.5, 0.6) is 0 Å². The van der Waals surface area contributed by atoms with E-state index in [4.69, 9.17) is 4.84 Å². The number of aromatic nitrogens is 1. The van der Waals surface area contributed by atoms with E-state index < -0.39 is 23.4 Å². The van der Waals surface area contributed by atoms with Crippen LogP contribution in [0.15, 0.2) is 60.0 Å². The molecule has 0 aliphatic carbocycles. The molecule has 0 unspecified atom stereocenters. The number of aromatic carboxylic acids is 1. The van der Waals surface area contributed by atoms with Gasteiger partial charge in [-0.15, -0.1) is 0 Å². The summed E-state index contributed by atoms with van der Waals surface area (Å²) in [6.07, 6.45) is 3.85. The molecule has 0 fully saturated rings. The van der Waals surface area contributed by atoms with E-state index in [1.54, 1.807) is 18.3 Å². The fourth-order valence-corrected chi connectivity index (χ4v) is 3.07. The average Bonchev–Trinajstić information content (AvgIpc) is 3.12. The van der Waals surface area contributed by atoms with Crippen molar-refractivity contribution in [1.29, 1.82) is 0 Å². The number of carboxylic acid groups (broad SMARTS) is 1. The minimum Gasteiger partial charge on any atom is -0.545 e. The molecule has 3 aromatic rings. The third-order valence-corrected chi connectivity index (χ3v) is 4.53. The van der Waals surface area contributed by atoms with Crippen molar-refractivity contribution in [2.75, 3.05) is 6.61 Å². The van der Waals surface area contributed by atoms with Crippen LogP contribution in [0.1, 0.15) is 40.4 Å². The summed E-state index contributed by atoms with van der Waals surface area (Å²) in [5.41, 5.74) is 1.32. The van der Waals surface area contributed by atoms with Crippen LogP contribution in [0.25, 0.3) is 0 Å². The molecule has 0 bridgehead atoms. The second kappa shape index (κ2) is 11.9. The number of benzene rings is 2. The van der Waals surface area contributed by atoms with Crippen LogP contribution in [0.3, 0.4) is 0 Å².